The predicted octanol–water partition coefficient (Wildman–Crippen LogP) is -13.5. The summed E-state index contributed by atoms with van der Waals surface area (Å²) in [5, 5.41) is 231. The number of aliphatic hydroxyl groups excluding tert-OH is 20. The lowest BCUT2D eigenvalue weighted by atomic mass is 9.65. The Morgan fingerprint density at radius 3 is 0.874 bits per heavy atom. The van der Waals surface area contributed by atoms with Crippen molar-refractivity contribution >= 4 is 17.8 Å². The molecule has 0 unspecified atom stereocenters. The molecule has 23 heterocycles. The number of hydrogen-bond donors (Lipinski definition) is 22. The Morgan fingerprint density at radius 2 is 0.621 bits per heavy atom. The number of carbonyl (C=O) groups excluding carboxylic acids is 3. The summed E-state index contributed by atoms with van der Waals surface area (Å²) in [5.41, 5.74) is -2.33. The Hall–Kier alpha value is -4.55. The highest BCUT2D eigenvalue weighted by Gasteiger charge is 2.73. The van der Waals surface area contributed by atoms with Gasteiger partial charge in [-0.25, -0.2) is 4.79 Å². The first-order valence-electron chi connectivity index (χ1n) is 33.2. The Kier molecular flexibility index (Phi) is 24.2. The lowest BCUT2D eigenvalue weighted by Crippen LogP contribution is -2.84. The number of aliphatic hydroxyl groups is 20. The number of fused-ring (bicyclic) bond motifs is 1. The predicted molar refractivity (Wildman–Crippen MR) is 322 cm³/mol. The molecule has 103 heavy (non-hydrogen) atoms. The Labute approximate surface area is 583 Å². The van der Waals surface area contributed by atoms with Crippen LogP contribution in [-0.2, 0) is 86.2 Å². The minimum Gasteiger partial charge on any atom is -0.394 e. The van der Waals surface area contributed by atoms with Crippen molar-refractivity contribution in [1.29, 1.82) is 0 Å². The second-order valence-corrected chi connectivity index (χ2v) is 26.7. The van der Waals surface area contributed by atoms with Gasteiger partial charge in [-0.05, 0) is 18.1 Å². The molecule has 0 aliphatic carbocycles. The zero-order valence-electron chi connectivity index (χ0n) is 54.5. The van der Waals surface area contributed by atoms with Crippen molar-refractivity contribution in [2.45, 2.75) is 239 Å². The maximum absolute atomic E-state index is 14.5. The molecule has 0 aromatic heterocycles. The number of ether oxygens (including phenoxy) is 15. The first-order chi connectivity index (χ1) is 49.2. The van der Waals surface area contributed by atoms with Crippen molar-refractivity contribution in [1.82, 2.24) is 15.5 Å². The largest absolute Gasteiger partial charge is 0.394 e. The van der Waals surface area contributed by atoms with E-state index >= 15 is 0 Å². The van der Waals surface area contributed by atoms with Gasteiger partial charge in [-0.15, -0.1) is 0 Å². The topological polar surface area (TPSA) is 622 Å². The second kappa shape index (κ2) is 31.9. The molecule has 0 saturated carbocycles. The fraction of sp³-hybridized carbons (Fsp3) is 0.758. The van der Waals surface area contributed by atoms with Gasteiger partial charge in [0.05, 0.1) is 39.6 Å². The van der Waals surface area contributed by atoms with Crippen molar-refractivity contribution in [2.75, 3.05) is 52.7 Å². The number of urea groups is 1. The minimum atomic E-state index is -2.37. The molecule has 41 nitrogen and oxygen atoms in total. The summed E-state index contributed by atoms with van der Waals surface area (Å²) < 4.78 is 88.4. The molecule has 37 atom stereocenters. The molecule has 4 amide bonds. The van der Waals surface area contributed by atoms with E-state index in [1.807, 2.05) is 0 Å². The Balaban J connectivity index is 0.841. The number of rotatable bonds is 12. The second-order valence-electron chi connectivity index (χ2n) is 26.7. The normalized spacial score (nSPS) is 48.2. The highest BCUT2D eigenvalue weighted by Crippen LogP contribution is 2.56. The number of hydrogen-bond acceptors (Lipinski definition) is 38. The average molecular weight is 1480 g/mol. The van der Waals surface area contributed by atoms with Gasteiger partial charge in [0, 0.05) is 6.54 Å². The van der Waals surface area contributed by atoms with E-state index in [1.54, 1.807) is 60.7 Å². The maximum Gasteiger partial charge on any atom is 0.325 e. The summed E-state index contributed by atoms with van der Waals surface area (Å²) in [6.07, 6.45) is -73.6. The number of imide groups is 1. The molecule has 23 saturated heterocycles. The number of benzene rings is 2. The molecule has 2 aromatic carbocycles. The van der Waals surface area contributed by atoms with Crippen molar-refractivity contribution < 1.29 is 188 Å². The van der Waals surface area contributed by atoms with Crippen LogP contribution in [0.3, 0.4) is 0 Å². The van der Waals surface area contributed by atoms with Crippen LogP contribution < -0.4 is 10.6 Å². The fourth-order valence-corrected chi connectivity index (χ4v) is 14.9. The number of nitrogens with one attached hydrogen (secondary N) is 2. The van der Waals surface area contributed by atoms with Gasteiger partial charge in [-0.3, -0.25) is 14.9 Å². The van der Waals surface area contributed by atoms with Crippen molar-refractivity contribution in [3.63, 3.8) is 0 Å². The zero-order chi connectivity index (χ0) is 74.0. The molecule has 25 rings (SSSR count). The minimum absolute atomic E-state index is 0.495. The average Bonchev–Trinajstić information content (AvgIpc) is 0.672. The molecule has 23 aliphatic heterocycles. The van der Waals surface area contributed by atoms with Crippen LogP contribution in [0.4, 0.5) is 4.79 Å². The van der Waals surface area contributed by atoms with E-state index in [-0.39, 0.29) is 0 Å². The van der Waals surface area contributed by atoms with Gasteiger partial charge in [0.15, 0.2) is 49.6 Å². The van der Waals surface area contributed by atoms with Crippen molar-refractivity contribution in [2.24, 2.45) is 0 Å². The molecule has 23 aliphatic rings. The fourth-order valence-electron chi connectivity index (χ4n) is 14.9. The van der Waals surface area contributed by atoms with Gasteiger partial charge in [0.1, 0.15) is 189 Å². The van der Waals surface area contributed by atoms with E-state index in [2.05, 4.69) is 10.6 Å². The van der Waals surface area contributed by atoms with E-state index in [0.717, 1.165) is 4.90 Å². The van der Waals surface area contributed by atoms with Crippen molar-refractivity contribution in [3.8, 4) is 0 Å². The first-order valence-corrected chi connectivity index (χ1v) is 33.2. The number of carbonyl (C=O) groups is 3. The molecule has 41 heteroatoms. The quantitative estimate of drug-likeness (QED) is 0.0938. The van der Waals surface area contributed by atoms with Gasteiger partial charge >= 0.3 is 6.03 Å². The van der Waals surface area contributed by atoms with Crippen LogP contribution in [-0.4, -0.2) is 404 Å². The molecule has 578 valence electrons. The van der Waals surface area contributed by atoms with Crippen LogP contribution in [0.15, 0.2) is 60.7 Å². The van der Waals surface area contributed by atoms with Crippen LogP contribution >= 0.6 is 0 Å². The van der Waals surface area contributed by atoms with Crippen LogP contribution in [0.5, 0.6) is 0 Å². The highest BCUT2D eigenvalue weighted by molar-refractivity contribution is 6.04. The third-order valence-corrected chi connectivity index (χ3v) is 20.3. The zero-order valence-corrected chi connectivity index (χ0v) is 54.5. The third kappa shape index (κ3) is 14.4. The van der Waals surface area contributed by atoms with Gasteiger partial charge in [0.25, 0.3) is 5.91 Å². The summed E-state index contributed by atoms with van der Waals surface area (Å²) >= 11 is 0. The molecule has 0 spiro atoms. The van der Waals surface area contributed by atoms with Crippen LogP contribution in [0.25, 0.3) is 0 Å². The van der Waals surface area contributed by atoms with Gasteiger partial charge in [0.2, 0.25) is 5.91 Å². The first kappa shape index (κ1) is 78.0. The van der Waals surface area contributed by atoms with Crippen LogP contribution in [0.2, 0.25) is 0 Å². The summed E-state index contributed by atoms with van der Waals surface area (Å²) in [7, 11) is 0. The van der Waals surface area contributed by atoms with E-state index in [9.17, 15) is 117 Å². The summed E-state index contributed by atoms with van der Waals surface area (Å²) in [6.45, 7) is -6.89. The summed E-state index contributed by atoms with van der Waals surface area (Å²) in [4.78, 5) is 43.3. The molecule has 14 bridgehead atoms. The highest BCUT2D eigenvalue weighted by atomic mass is 16.8. The lowest BCUT2D eigenvalue weighted by Gasteiger charge is -2.64. The van der Waals surface area contributed by atoms with Gasteiger partial charge in [-0.2, -0.15) is 0 Å². The smallest absolute Gasteiger partial charge is 0.325 e. The lowest BCUT2D eigenvalue weighted by molar-refractivity contribution is -0.396. The SMILES string of the molecule is C[C@@]12OC(c3ccccc3)(c3ccccc3)[C@@H]1N(CC(=O)NC[C@H]1O[C@@H]3O[C@H]4[C@H](O)[C@@H](O)[C@@H](O[C@H]5[C@H](O)[C@@H](O)[C@@H](O[C@H]6[C@H](O)[C@@H](O)[C@@H](O[C@H]7[C@H](O)[C@@H](O)[C@@H](O[C@H]8[C@H](O)[C@@H](O)[C@@H](O[C@H]9[C@H](O)[C@@H](O)[C@@H](O[C@H]1[C@H](O)[C@H]3O)O[C@@H]9CO)O[C@@H]8CO)O[C@@H]7CO)O[C@@H]6CO)O[C@@H]5CO)O[C@@H]4CO)C(=O)NC2=O. The third-order valence-electron chi connectivity index (χ3n) is 20.3. The number of nitrogens with zero attached hydrogens (tertiary/aromatic N) is 1. The van der Waals surface area contributed by atoms with E-state index in [1.165, 1.54) is 6.92 Å². The Morgan fingerprint density at radius 1 is 0.379 bits per heavy atom. The molecular weight excluding hydrogens is 1390 g/mol. The monoisotopic (exact) mass is 1480 g/mol. The molecule has 22 N–H and O–H groups in total. The Bertz CT molecular complexity index is 3110. The standard InChI is InChI=1S/C62H87N3O38/c1-61-58(62(103-61,20-8-4-2-5-9-20)21-10-6-3-7-11-21)65(60(88)64-59(61)87)13-29(72)63-12-22-44-30(73)37(80)51(89-22)97-45-23(14-66)91-53(39(82)32(45)75)99-47-25(16-68)93-55(41(84)34(47)77)101-49-27(18-70)95-57(43(86)36(49)79)102-50-28(19-71)94-56(42(85)35(50)78)100-48-26(17-69)92-54(40(83)33(48)76)98-46-24(15-67)90-52(96-44)38(81)31(46)74/h2-11,22-28,30-58,66-71,73-86H,12-19H2,1H3,(H,63,72)(H,64,87,88)/t22-,23-,24-,25-,26-,27-,28-,30-,31-,32-,33-,34-,35-,36-,37-,38-,39-,40-,41-,42-,43-,44-,45-,46-,47-,48-,49-,50-,51-,52-,53-,54-,55-,56-,57-,58-,61-/m1/s1. The van der Waals surface area contributed by atoms with E-state index in [0.29, 0.717) is 11.1 Å². The van der Waals surface area contributed by atoms with Crippen LogP contribution in [0, 0.1) is 0 Å². The van der Waals surface area contributed by atoms with Crippen molar-refractivity contribution in [3.05, 3.63) is 71.8 Å². The van der Waals surface area contributed by atoms with E-state index < -0.39 is 303 Å². The van der Waals surface area contributed by atoms with Gasteiger partial charge in [-0.1, -0.05) is 60.7 Å². The summed E-state index contributed by atoms with van der Waals surface area (Å²) in [5.74, 6) is -1.82. The molecular formula is C62H87N3O38. The maximum atomic E-state index is 14.5. The van der Waals surface area contributed by atoms with Crippen LogP contribution in [0.1, 0.15) is 18.1 Å². The van der Waals surface area contributed by atoms with Gasteiger partial charge < -0.3 is 183 Å². The summed E-state index contributed by atoms with van der Waals surface area (Å²) in [6, 6.07) is 14.8. The molecule has 0 radical (unpaired) electrons. The molecule has 2 aromatic rings. The molecule has 23 fully saturated rings. The number of amides is 4. The van der Waals surface area contributed by atoms with E-state index in [4.69, 9.17) is 71.1 Å².